The van der Waals surface area contributed by atoms with Gasteiger partial charge in [-0.05, 0) is 66.6 Å². The number of oxime groups is 1. The fourth-order valence-corrected chi connectivity index (χ4v) is 7.37. The van der Waals surface area contributed by atoms with E-state index < -0.39 is 77.3 Å². The molecule has 0 bridgehead atoms. The molecule has 0 saturated carbocycles. The highest BCUT2D eigenvalue weighted by Gasteiger charge is 2.51. The van der Waals surface area contributed by atoms with Crippen LogP contribution < -0.4 is 0 Å². The van der Waals surface area contributed by atoms with Crippen LogP contribution in [0.2, 0.25) is 0 Å². The highest BCUT2D eigenvalue weighted by atomic mass is 16.7. The molecule has 49 heavy (non-hydrogen) atoms. The number of cyclic esters (lactones) is 1. The van der Waals surface area contributed by atoms with Gasteiger partial charge in [0, 0.05) is 30.9 Å². The third kappa shape index (κ3) is 9.46. The summed E-state index contributed by atoms with van der Waals surface area (Å²) in [6.45, 7) is 13.8. The Bertz CT molecular complexity index is 1260. The number of carbonyl (C=O) groups is 2. The van der Waals surface area contributed by atoms with Gasteiger partial charge in [0.25, 0.3) is 0 Å². The minimum atomic E-state index is -1.90. The molecule has 2 saturated heterocycles. The number of methoxy groups -OCH3 is 1. The molecule has 3 N–H and O–H groups in total. The smallest absolute Gasteiger partial charge is 0.316 e. The first-order chi connectivity index (χ1) is 22.9. The summed E-state index contributed by atoms with van der Waals surface area (Å²) in [6, 6.07) is 9.25. The zero-order valence-electron chi connectivity index (χ0n) is 31.2. The summed E-state index contributed by atoms with van der Waals surface area (Å²) in [5, 5.41) is 39.3. The number of aliphatic hydroxyl groups excluding tert-OH is 2. The van der Waals surface area contributed by atoms with E-state index in [2.05, 4.69) is 5.16 Å². The maximum Gasteiger partial charge on any atom is 0.316 e. The summed E-state index contributed by atoms with van der Waals surface area (Å²) in [5.41, 5.74) is -1.77. The van der Waals surface area contributed by atoms with E-state index in [0.717, 1.165) is 5.56 Å². The molecule has 0 amide bonds. The van der Waals surface area contributed by atoms with Gasteiger partial charge in [0.15, 0.2) is 12.1 Å². The average Bonchev–Trinajstić information content (AvgIpc) is 3.06. The third-order valence-electron chi connectivity index (χ3n) is 10.6. The monoisotopic (exact) mass is 692 g/mol. The predicted molar refractivity (Wildman–Crippen MR) is 184 cm³/mol. The molecule has 13 atom stereocenters. The van der Waals surface area contributed by atoms with Crippen LogP contribution in [0.4, 0.5) is 0 Å². The van der Waals surface area contributed by atoms with Gasteiger partial charge in [0.2, 0.25) is 0 Å². The van der Waals surface area contributed by atoms with Crippen LogP contribution in [0.1, 0.15) is 80.2 Å². The van der Waals surface area contributed by atoms with Gasteiger partial charge in [-0.25, -0.2) is 0 Å². The van der Waals surface area contributed by atoms with E-state index in [9.17, 15) is 24.9 Å². The van der Waals surface area contributed by atoms with Crippen molar-refractivity contribution in [2.24, 2.45) is 28.8 Å². The van der Waals surface area contributed by atoms with Gasteiger partial charge in [-0.1, -0.05) is 63.2 Å². The van der Waals surface area contributed by atoms with E-state index in [-0.39, 0.29) is 31.6 Å². The highest BCUT2D eigenvalue weighted by Crippen LogP contribution is 2.38. The van der Waals surface area contributed by atoms with Crippen molar-refractivity contribution < 1.29 is 48.7 Å². The van der Waals surface area contributed by atoms with Gasteiger partial charge < -0.3 is 44.0 Å². The van der Waals surface area contributed by atoms with Crippen molar-refractivity contribution in [1.29, 1.82) is 0 Å². The van der Waals surface area contributed by atoms with E-state index in [1.165, 1.54) is 21.0 Å². The van der Waals surface area contributed by atoms with Crippen LogP contribution >= 0.6 is 0 Å². The van der Waals surface area contributed by atoms with Gasteiger partial charge in [-0.3, -0.25) is 9.59 Å². The Morgan fingerprint density at radius 1 is 1.02 bits per heavy atom. The Morgan fingerprint density at radius 3 is 2.22 bits per heavy atom. The number of esters is 1. The summed E-state index contributed by atoms with van der Waals surface area (Å²) < 4.78 is 24.7. The van der Waals surface area contributed by atoms with Crippen LogP contribution in [0.5, 0.6) is 0 Å². The van der Waals surface area contributed by atoms with E-state index in [1.54, 1.807) is 20.8 Å². The van der Waals surface area contributed by atoms with E-state index >= 15 is 0 Å². The topological polar surface area (TPSA) is 157 Å². The highest BCUT2D eigenvalue weighted by molar-refractivity contribution is 6.00. The molecule has 0 aliphatic carbocycles. The molecule has 0 unspecified atom stereocenters. The number of aliphatic hydroxyl groups is 3. The molecular formula is C37H60N2O10. The van der Waals surface area contributed by atoms with Crippen LogP contribution in [0.15, 0.2) is 35.5 Å². The number of ketones is 1. The second kappa shape index (κ2) is 17.2. The van der Waals surface area contributed by atoms with Gasteiger partial charge in [0.1, 0.15) is 30.3 Å². The van der Waals surface area contributed by atoms with Crippen molar-refractivity contribution >= 4 is 17.5 Å². The number of carbonyl (C=O) groups excluding carboxylic acids is 2. The fourth-order valence-electron chi connectivity index (χ4n) is 7.37. The Kier molecular flexibility index (Phi) is 14.4. The molecule has 2 aliphatic rings. The molecule has 1 aromatic rings. The van der Waals surface area contributed by atoms with Crippen LogP contribution in [-0.2, 0) is 40.0 Å². The number of likely N-dealkylation sites (N-methyl/N-ethyl adjacent to an activating group) is 1. The summed E-state index contributed by atoms with van der Waals surface area (Å²) in [4.78, 5) is 35.3. The van der Waals surface area contributed by atoms with E-state index in [4.69, 9.17) is 23.8 Å². The van der Waals surface area contributed by atoms with E-state index in [1.807, 2.05) is 70.1 Å². The Balaban J connectivity index is 2.14. The van der Waals surface area contributed by atoms with Crippen molar-refractivity contribution in [3.63, 3.8) is 0 Å². The maximum absolute atomic E-state index is 14.1. The normalized spacial score (nSPS) is 41.0. The van der Waals surface area contributed by atoms with Crippen molar-refractivity contribution in [3.05, 3.63) is 35.9 Å². The minimum absolute atomic E-state index is 0.171. The second-order valence-corrected chi connectivity index (χ2v) is 14.7. The lowest BCUT2D eigenvalue weighted by Gasteiger charge is -2.47. The molecule has 12 heteroatoms. The molecule has 0 aromatic heterocycles. The molecule has 278 valence electrons. The van der Waals surface area contributed by atoms with Crippen molar-refractivity contribution in [3.8, 4) is 0 Å². The summed E-state index contributed by atoms with van der Waals surface area (Å²) in [7, 11) is 5.27. The Labute approximate surface area is 292 Å². The zero-order valence-corrected chi connectivity index (χ0v) is 31.2. The molecule has 12 nitrogen and oxygen atoms in total. The van der Waals surface area contributed by atoms with Crippen molar-refractivity contribution in [2.75, 3.05) is 21.2 Å². The van der Waals surface area contributed by atoms with Gasteiger partial charge in [-0.15, -0.1) is 0 Å². The predicted octanol–water partition coefficient (Wildman–Crippen LogP) is 3.73. The minimum Gasteiger partial charge on any atom is -0.459 e. The number of hydrogen-bond acceptors (Lipinski definition) is 12. The fraction of sp³-hybridized carbons (Fsp3) is 0.757. The summed E-state index contributed by atoms with van der Waals surface area (Å²) in [5.74, 6) is -4.65. The van der Waals surface area contributed by atoms with Crippen molar-refractivity contribution in [2.45, 2.75) is 135 Å². The maximum atomic E-state index is 14.1. The number of nitrogens with zero attached hydrogens (tertiary/aromatic N) is 2. The number of ether oxygens (including phenoxy) is 4. The Hall–Kier alpha value is -2.45. The molecule has 3 rings (SSSR count). The van der Waals surface area contributed by atoms with Crippen LogP contribution in [0, 0.1) is 23.7 Å². The first kappa shape index (κ1) is 41.0. The molecular weight excluding hydrogens is 632 g/mol. The molecule has 2 heterocycles. The average molecular weight is 693 g/mol. The van der Waals surface area contributed by atoms with Crippen LogP contribution in [0.25, 0.3) is 0 Å². The number of rotatable bonds is 8. The molecule has 0 spiro atoms. The summed E-state index contributed by atoms with van der Waals surface area (Å²) >= 11 is 0. The zero-order chi connectivity index (χ0) is 36.8. The standard InChI is InChI=1S/C37H60N2O10/c1-12-28-37(8,44)32(42)23(4)29(38-46-20-26-16-14-13-15-17-26)21(2)19-36(7,45-11)33(24(5)30(40)25(6)34(43)48-28)49-35-31(41)27(39(9)10)18-22(3)47-35/h13-17,21-25,27-28,31-33,35,41-42,44H,12,18-20H2,1-11H3/b38-29+/t21-,22-,23+,24+,25-,27+,28-,31-,32-,33-,35+,36-,37-/m1/s1. The lowest BCUT2D eigenvalue weighted by atomic mass is 9.74. The molecule has 0 radical (unpaired) electrons. The lowest BCUT2D eigenvalue weighted by Crippen LogP contribution is -2.60. The molecule has 1 aromatic carbocycles. The second-order valence-electron chi connectivity index (χ2n) is 14.7. The number of benzene rings is 1. The quantitative estimate of drug-likeness (QED) is 0.207. The first-order valence-electron chi connectivity index (χ1n) is 17.5. The third-order valence-corrected chi connectivity index (χ3v) is 10.6. The van der Waals surface area contributed by atoms with Crippen molar-refractivity contribution in [1.82, 2.24) is 4.90 Å². The van der Waals surface area contributed by atoms with Gasteiger partial charge in [-0.2, -0.15) is 0 Å². The van der Waals surface area contributed by atoms with Crippen LogP contribution in [0.3, 0.4) is 0 Å². The lowest BCUT2D eigenvalue weighted by molar-refractivity contribution is -0.295. The summed E-state index contributed by atoms with van der Waals surface area (Å²) in [6.07, 6.45) is -4.94. The largest absolute Gasteiger partial charge is 0.459 e. The SMILES string of the molecule is CC[C@H]1OC(=O)[C@H](C)C(=O)[C@H](C)[C@@H](O[C@@H]2O[C@H](C)C[C@H](N(C)C)[C@H]2O)[C@](C)(OC)C[C@@H](C)/C(=N\OCc2ccccc2)[C@H](C)[C@@H](O)[C@]1(C)O. The van der Waals surface area contributed by atoms with Gasteiger partial charge >= 0.3 is 5.97 Å². The van der Waals surface area contributed by atoms with E-state index in [0.29, 0.717) is 12.1 Å². The molecule has 2 aliphatic heterocycles. The Morgan fingerprint density at radius 2 is 1.65 bits per heavy atom. The molecule has 2 fully saturated rings. The first-order valence-corrected chi connectivity index (χ1v) is 17.5. The number of hydrogen-bond donors (Lipinski definition) is 3. The van der Waals surface area contributed by atoms with Crippen LogP contribution in [-0.4, -0.2) is 113 Å². The van der Waals surface area contributed by atoms with Gasteiger partial charge in [0.05, 0.1) is 29.6 Å². The number of Topliss-reactive ketones (excluding diaryl/α,β-unsaturated/α-hetero) is 1.